The molecule has 0 saturated heterocycles. The van der Waals surface area contributed by atoms with Crippen LogP contribution in [0.1, 0.15) is 5.56 Å². The second-order valence-electron chi connectivity index (χ2n) is 4.54. The van der Waals surface area contributed by atoms with Gasteiger partial charge in [-0.05, 0) is 12.1 Å². The van der Waals surface area contributed by atoms with Gasteiger partial charge in [0, 0.05) is 18.2 Å². The van der Waals surface area contributed by atoms with Gasteiger partial charge in [-0.15, -0.1) is 0 Å². The zero-order valence-electron chi connectivity index (χ0n) is 11.0. The van der Waals surface area contributed by atoms with Crippen molar-refractivity contribution in [1.29, 1.82) is 0 Å². The summed E-state index contributed by atoms with van der Waals surface area (Å²) in [6.07, 6.45) is 0. The molecule has 0 aromatic heterocycles. The van der Waals surface area contributed by atoms with Crippen molar-refractivity contribution < 1.29 is 18.3 Å². The highest BCUT2D eigenvalue weighted by Gasteiger charge is 2.16. The van der Waals surface area contributed by atoms with Crippen LogP contribution >= 0.6 is 11.6 Å². The molecule has 0 atom stereocenters. The fourth-order valence-corrected chi connectivity index (χ4v) is 2.43. The summed E-state index contributed by atoms with van der Waals surface area (Å²) in [6.45, 7) is 1.26. The Morgan fingerprint density at radius 2 is 1.95 bits per heavy atom. The fourth-order valence-electron chi connectivity index (χ4n) is 2.17. The van der Waals surface area contributed by atoms with Gasteiger partial charge in [0.05, 0.1) is 10.7 Å². The van der Waals surface area contributed by atoms with Crippen LogP contribution in [0.25, 0.3) is 0 Å². The lowest BCUT2D eigenvalue weighted by Crippen LogP contribution is -2.17. The lowest BCUT2D eigenvalue weighted by Gasteiger charge is -2.21. The zero-order chi connectivity index (χ0) is 14.8. The van der Waals surface area contributed by atoms with Crippen LogP contribution in [0.4, 0.5) is 14.5 Å². The average molecular weight is 312 g/mol. The number of ether oxygens (including phenoxy) is 2. The minimum absolute atomic E-state index is 0.00512. The quantitative estimate of drug-likeness (QED) is 0.929. The molecule has 6 heteroatoms. The van der Waals surface area contributed by atoms with Crippen molar-refractivity contribution in [1.82, 2.24) is 0 Å². The standard InChI is InChI=1S/C15H12ClF2NO2/c16-11-6-10(17)7-12(18)14(11)19-8-9-2-1-3-13-15(9)21-5-4-20-13/h1-3,6-7,19H,4-5,8H2. The third kappa shape index (κ3) is 2.88. The largest absolute Gasteiger partial charge is 0.486 e. The van der Waals surface area contributed by atoms with Crippen LogP contribution < -0.4 is 14.8 Å². The Labute approximate surface area is 125 Å². The fraction of sp³-hybridized carbons (Fsp3) is 0.200. The molecule has 0 saturated carbocycles. The first-order valence-electron chi connectivity index (χ1n) is 6.41. The zero-order valence-corrected chi connectivity index (χ0v) is 11.7. The molecule has 3 nitrogen and oxygen atoms in total. The monoisotopic (exact) mass is 311 g/mol. The third-order valence-electron chi connectivity index (χ3n) is 3.11. The predicted octanol–water partition coefficient (Wildman–Crippen LogP) is 4.00. The molecule has 0 bridgehead atoms. The van der Waals surface area contributed by atoms with E-state index < -0.39 is 11.6 Å². The van der Waals surface area contributed by atoms with Crippen LogP contribution in [0.3, 0.4) is 0 Å². The summed E-state index contributed by atoms with van der Waals surface area (Å²) in [7, 11) is 0. The Hall–Kier alpha value is -2.01. The van der Waals surface area contributed by atoms with Gasteiger partial charge in [0.1, 0.15) is 19.0 Å². The van der Waals surface area contributed by atoms with Crippen molar-refractivity contribution in [3.63, 3.8) is 0 Å². The van der Waals surface area contributed by atoms with Crippen molar-refractivity contribution in [2.45, 2.75) is 6.54 Å². The number of anilines is 1. The SMILES string of the molecule is Fc1cc(F)c(NCc2cccc3c2OCCO3)c(Cl)c1. The Balaban J connectivity index is 1.83. The number of benzene rings is 2. The van der Waals surface area contributed by atoms with Crippen LogP contribution in [-0.2, 0) is 6.54 Å². The van der Waals surface area contributed by atoms with Gasteiger partial charge in [0.15, 0.2) is 17.3 Å². The summed E-state index contributed by atoms with van der Waals surface area (Å²) in [5.74, 6) is -0.153. The van der Waals surface area contributed by atoms with Crippen LogP contribution in [-0.4, -0.2) is 13.2 Å². The van der Waals surface area contributed by atoms with Gasteiger partial charge in [-0.1, -0.05) is 23.7 Å². The molecule has 110 valence electrons. The molecule has 0 radical (unpaired) electrons. The second-order valence-corrected chi connectivity index (χ2v) is 4.95. The molecule has 0 unspecified atom stereocenters. The number of nitrogens with one attached hydrogen (secondary N) is 1. The normalized spacial score (nSPS) is 13.1. The smallest absolute Gasteiger partial charge is 0.166 e. The van der Waals surface area contributed by atoms with Gasteiger partial charge in [-0.25, -0.2) is 8.78 Å². The summed E-state index contributed by atoms with van der Waals surface area (Å²) < 4.78 is 37.8. The van der Waals surface area contributed by atoms with Crippen LogP contribution in [0, 0.1) is 11.6 Å². The maximum Gasteiger partial charge on any atom is 0.166 e. The molecule has 2 aromatic rings. The number of fused-ring (bicyclic) bond motifs is 1. The molecule has 3 rings (SSSR count). The van der Waals surface area contributed by atoms with E-state index in [2.05, 4.69) is 5.32 Å². The van der Waals surface area contributed by atoms with Crippen LogP contribution in [0.5, 0.6) is 11.5 Å². The van der Waals surface area contributed by atoms with Gasteiger partial charge in [0.2, 0.25) is 0 Å². The highest BCUT2D eigenvalue weighted by atomic mass is 35.5. The van der Waals surface area contributed by atoms with Crippen molar-refractivity contribution in [3.05, 3.63) is 52.6 Å². The first-order valence-corrected chi connectivity index (χ1v) is 6.79. The lowest BCUT2D eigenvalue weighted by atomic mass is 10.1. The van der Waals surface area contributed by atoms with Gasteiger partial charge >= 0.3 is 0 Å². The van der Waals surface area contributed by atoms with E-state index in [0.717, 1.165) is 17.7 Å². The molecule has 1 aliphatic rings. The van der Waals surface area contributed by atoms with Crippen LogP contribution in [0.2, 0.25) is 5.02 Å². The van der Waals surface area contributed by atoms with E-state index in [4.69, 9.17) is 21.1 Å². The number of hydrogen-bond acceptors (Lipinski definition) is 3. The maximum absolute atomic E-state index is 13.7. The van der Waals surface area contributed by atoms with E-state index in [1.165, 1.54) is 0 Å². The molecule has 1 heterocycles. The summed E-state index contributed by atoms with van der Waals surface area (Å²) in [4.78, 5) is 0. The minimum atomic E-state index is -0.734. The molecule has 0 aliphatic carbocycles. The Morgan fingerprint density at radius 3 is 2.76 bits per heavy atom. The molecule has 0 amide bonds. The molecule has 1 N–H and O–H groups in total. The van der Waals surface area contributed by atoms with Crippen molar-refractivity contribution in [2.75, 3.05) is 18.5 Å². The van der Waals surface area contributed by atoms with E-state index in [0.29, 0.717) is 24.7 Å². The van der Waals surface area contributed by atoms with E-state index in [1.807, 2.05) is 18.2 Å². The first kappa shape index (κ1) is 13.9. The third-order valence-corrected chi connectivity index (χ3v) is 3.41. The van der Waals surface area contributed by atoms with Gasteiger partial charge in [-0.2, -0.15) is 0 Å². The van der Waals surface area contributed by atoms with Crippen molar-refractivity contribution >= 4 is 17.3 Å². The summed E-state index contributed by atoms with van der Waals surface area (Å²) in [6, 6.07) is 7.33. The van der Waals surface area contributed by atoms with Crippen LogP contribution in [0.15, 0.2) is 30.3 Å². The molecular weight excluding hydrogens is 300 g/mol. The number of para-hydroxylation sites is 1. The Morgan fingerprint density at radius 1 is 1.14 bits per heavy atom. The van der Waals surface area contributed by atoms with Gasteiger partial charge < -0.3 is 14.8 Å². The lowest BCUT2D eigenvalue weighted by molar-refractivity contribution is 0.170. The summed E-state index contributed by atoms with van der Waals surface area (Å²) in [5, 5.41) is 2.86. The molecule has 0 fully saturated rings. The van der Waals surface area contributed by atoms with E-state index in [-0.39, 0.29) is 17.3 Å². The first-order chi connectivity index (χ1) is 10.1. The van der Waals surface area contributed by atoms with E-state index in [1.54, 1.807) is 0 Å². The summed E-state index contributed by atoms with van der Waals surface area (Å²) in [5.41, 5.74) is 0.874. The molecule has 1 aliphatic heterocycles. The van der Waals surface area contributed by atoms with Crippen molar-refractivity contribution in [3.8, 4) is 11.5 Å². The summed E-state index contributed by atoms with van der Waals surface area (Å²) >= 11 is 5.85. The predicted molar refractivity (Wildman–Crippen MR) is 76.1 cm³/mol. The van der Waals surface area contributed by atoms with E-state index >= 15 is 0 Å². The molecular formula is C15H12ClF2NO2. The molecule has 0 spiro atoms. The molecule has 21 heavy (non-hydrogen) atoms. The highest BCUT2D eigenvalue weighted by molar-refractivity contribution is 6.33. The topological polar surface area (TPSA) is 30.5 Å². The van der Waals surface area contributed by atoms with E-state index in [9.17, 15) is 8.78 Å². The average Bonchev–Trinajstić information content (AvgIpc) is 2.46. The number of rotatable bonds is 3. The Bertz CT molecular complexity index is 656. The maximum atomic E-state index is 13.7. The second kappa shape index (κ2) is 5.77. The van der Waals surface area contributed by atoms with Gasteiger partial charge in [-0.3, -0.25) is 0 Å². The number of hydrogen-bond donors (Lipinski definition) is 1. The van der Waals surface area contributed by atoms with Crippen molar-refractivity contribution in [2.24, 2.45) is 0 Å². The minimum Gasteiger partial charge on any atom is -0.486 e. The molecule has 2 aromatic carbocycles. The Kier molecular flexibility index (Phi) is 3.84. The number of halogens is 3. The highest BCUT2D eigenvalue weighted by Crippen LogP contribution is 2.34. The van der Waals surface area contributed by atoms with Gasteiger partial charge in [0.25, 0.3) is 0 Å².